The lowest BCUT2D eigenvalue weighted by Crippen LogP contribution is -2.17. The van der Waals surface area contributed by atoms with Crippen molar-refractivity contribution in [2.45, 2.75) is 135 Å². The van der Waals surface area contributed by atoms with Crippen LogP contribution < -0.4 is 9.47 Å². The molecule has 2 aliphatic carbocycles. The molecule has 1 unspecified atom stereocenters. The fourth-order valence-corrected chi connectivity index (χ4v) is 7.88. The van der Waals surface area contributed by atoms with Gasteiger partial charge in [0.2, 0.25) is 0 Å². The van der Waals surface area contributed by atoms with Crippen molar-refractivity contribution in [1.29, 1.82) is 0 Å². The van der Waals surface area contributed by atoms with E-state index in [0.717, 1.165) is 28.9 Å². The van der Waals surface area contributed by atoms with Crippen molar-refractivity contribution in [2.75, 3.05) is 13.4 Å². The molecule has 2 saturated carbocycles. The van der Waals surface area contributed by atoms with E-state index in [9.17, 15) is 0 Å². The highest BCUT2D eigenvalue weighted by Gasteiger charge is 2.23. The highest BCUT2D eigenvalue weighted by Crippen LogP contribution is 2.39. The van der Waals surface area contributed by atoms with Crippen LogP contribution in [0.1, 0.15) is 151 Å². The van der Waals surface area contributed by atoms with Crippen LogP contribution in [0.3, 0.4) is 0 Å². The van der Waals surface area contributed by atoms with E-state index in [1.165, 1.54) is 114 Å². The molecule has 0 heterocycles. The van der Waals surface area contributed by atoms with E-state index in [0.29, 0.717) is 18.4 Å². The Hall–Kier alpha value is -2.78. The zero-order valence-electron chi connectivity index (χ0n) is 28.8. The number of hydrogen-bond donors (Lipinski definition) is 0. The third-order valence-corrected chi connectivity index (χ3v) is 10.9. The summed E-state index contributed by atoms with van der Waals surface area (Å²) in [5, 5.41) is 0. The molecular formula is C43H60O3. The fourth-order valence-electron chi connectivity index (χ4n) is 7.88. The second-order valence-corrected chi connectivity index (χ2v) is 14.2. The smallest absolute Gasteiger partial charge is 0.189 e. The third kappa shape index (κ3) is 10.9. The van der Waals surface area contributed by atoms with Crippen molar-refractivity contribution >= 4 is 0 Å². The van der Waals surface area contributed by atoms with Gasteiger partial charge >= 0.3 is 0 Å². The first kappa shape index (κ1) is 34.6. The minimum absolute atomic E-state index is 0.200. The first-order valence-corrected chi connectivity index (χ1v) is 18.8. The summed E-state index contributed by atoms with van der Waals surface area (Å²) in [6.45, 7) is 5.22. The Labute approximate surface area is 280 Å². The number of benzene rings is 3. The molecule has 0 amide bonds. The van der Waals surface area contributed by atoms with Gasteiger partial charge in [-0.3, -0.25) is 0 Å². The maximum Gasteiger partial charge on any atom is 0.189 e. The Balaban J connectivity index is 1.06. The lowest BCUT2D eigenvalue weighted by molar-refractivity contribution is -0.0232. The minimum Gasteiger partial charge on any atom is -0.483 e. The van der Waals surface area contributed by atoms with Crippen LogP contribution in [0.15, 0.2) is 78.9 Å². The van der Waals surface area contributed by atoms with Gasteiger partial charge in [-0.15, -0.1) is 0 Å². The highest BCUT2D eigenvalue weighted by atomic mass is 16.7. The van der Waals surface area contributed by atoms with Gasteiger partial charge in [-0.05, 0) is 116 Å². The Morgan fingerprint density at radius 2 is 1.07 bits per heavy atom. The molecule has 250 valence electrons. The monoisotopic (exact) mass is 624 g/mol. The molecule has 2 fully saturated rings. The van der Waals surface area contributed by atoms with Crippen molar-refractivity contribution in [2.24, 2.45) is 11.8 Å². The van der Waals surface area contributed by atoms with E-state index in [1.54, 1.807) is 0 Å². The summed E-state index contributed by atoms with van der Waals surface area (Å²) in [5.74, 6) is 5.02. The molecule has 3 aromatic carbocycles. The van der Waals surface area contributed by atoms with Crippen LogP contribution >= 0.6 is 0 Å². The summed E-state index contributed by atoms with van der Waals surface area (Å²) in [6.07, 6.45) is 21.7. The zero-order chi connectivity index (χ0) is 31.8. The van der Waals surface area contributed by atoms with Crippen molar-refractivity contribution in [3.8, 4) is 11.5 Å². The maximum absolute atomic E-state index is 6.50. The number of unbranched alkanes of at least 4 members (excludes halogenated alkanes) is 4. The number of rotatable bonds is 18. The zero-order valence-corrected chi connectivity index (χ0v) is 28.8. The summed E-state index contributed by atoms with van der Waals surface area (Å²) in [6, 6.07) is 28.0. The van der Waals surface area contributed by atoms with Crippen molar-refractivity contribution < 1.29 is 14.2 Å². The van der Waals surface area contributed by atoms with E-state index in [-0.39, 0.29) is 12.9 Å². The first-order chi connectivity index (χ1) is 22.7. The van der Waals surface area contributed by atoms with Crippen LogP contribution in [0.2, 0.25) is 0 Å². The largest absolute Gasteiger partial charge is 0.483 e. The molecule has 0 aromatic heterocycles. The van der Waals surface area contributed by atoms with Gasteiger partial charge in [0.05, 0.1) is 6.61 Å². The normalized spacial score (nSPS) is 22.3. The third-order valence-electron chi connectivity index (χ3n) is 10.9. The molecule has 3 nitrogen and oxygen atoms in total. The van der Waals surface area contributed by atoms with Crippen molar-refractivity contribution in [1.82, 2.24) is 0 Å². The molecule has 3 aromatic rings. The van der Waals surface area contributed by atoms with Gasteiger partial charge in [-0.25, -0.2) is 0 Å². The summed E-state index contributed by atoms with van der Waals surface area (Å²) in [7, 11) is 0. The fraction of sp³-hybridized carbons (Fsp3) is 0.581. The molecule has 0 bridgehead atoms. The van der Waals surface area contributed by atoms with Crippen LogP contribution in [0.4, 0.5) is 0 Å². The SMILES string of the molecule is CCCCCC1CCC(c2ccc(OCOCC(Oc3ccc(C4CCC(CCCCC)CC4)cc3)c3ccccc3)cc2)CC1. The Morgan fingerprint density at radius 3 is 1.57 bits per heavy atom. The summed E-state index contributed by atoms with van der Waals surface area (Å²) < 4.78 is 18.5. The number of ether oxygens (including phenoxy) is 3. The van der Waals surface area contributed by atoms with E-state index in [2.05, 4.69) is 86.6 Å². The van der Waals surface area contributed by atoms with E-state index in [4.69, 9.17) is 14.2 Å². The van der Waals surface area contributed by atoms with Gasteiger partial charge in [-0.1, -0.05) is 120 Å². The summed E-state index contributed by atoms with van der Waals surface area (Å²) >= 11 is 0. The second kappa shape index (κ2) is 19.1. The average molecular weight is 625 g/mol. The van der Waals surface area contributed by atoms with Gasteiger partial charge in [0.15, 0.2) is 6.79 Å². The van der Waals surface area contributed by atoms with E-state index >= 15 is 0 Å². The van der Waals surface area contributed by atoms with Gasteiger partial charge in [-0.2, -0.15) is 0 Å². The molecule has 0 radical (unpaired) electrons. The minimum atomic E-state index is -0.200. The number of hydrogen-bond acceptors (Lipinski definition) is 3. The van der Waals surface area contributed by atoms with E-state index in [1.807, 2.05) is 6.07 Å². The Kier molecular flexibility index (Phi) is 14.4. The molecule has 46 heavy (non-hydrogen) atoms. The van der Waals surface area contributed by atoms with Crippen LogP contribution in [-0.4, -0.2) is 13.4 Å². The maximum atomic E-state index is 6.50. The molecule has 0 spiro atoms. The first-order valence-electron chi connectivity index (χ1n) is 18.8. The topological polar surface area (TPSA) is 27.7 Å². The molecule has 5 rings (SSSR count). The molecule has 2 aliphatic rings. The molecule has 1 atom stereocenters. The Morgan fingerprint density at radius 1 is 0.565 bits per heavy atom. The van der Waals surface area contributed by atoms with Gasteiger partial charge < -0.3 is 14.2 Å². The predicted octanol–water partition coefficient (Wildman–Crippen LogP) is 12.6. The molecule has 0 saturated heterocycles. The summed E-state index contributed by atoms with van der Waals surface area (Å²) in [4.78, 5) is 0. The van der Waals surface area contributed by atoms with Gasteiger partial charge in [0.1, 0.15) is 17.6 Å². The van der Waals surface area contributed by atoms with Crippen molar-refractivity contribution in [3.05, 3.63) is 95.6 Å². The summed E-state index contributed by atoms with van der Waals surface area (Å²) in [5.41, 5.74) is 4.03. The second-order valence-electron chi connectivity index (χ2n) is 14.2. The van der Waals surface area contributed by atoms with Crippen LogP contribution in [0.25, 0.3) is 0 Å². The van der Waals surface area contributed by atoms with Crippen LogP contribution in [0.5, 0.6) is 11.5 Å². The van der Waals surface area contributed by atoms with E-state index < -0.39 is 0 Å². The van der Waals surface area contributed by atoms with Crippen LogP contribution in [-0.2, 0) is 4.74 Å². The standard InChI is InChI=1S/C43H60O3/c1-3-5-8-12-34-16-20-36(21-17-34)38-24-28-41(29-25-38)45-33-44-32-43(40-14-10-7-11-15-40)46-42-30-26-39(27-31-42)37-22-18-35(19-23-37)13-9-6-4-2/h7,10-11,14-15,24-31,34-37,43H,3-6,8-9,12-13,16-23,32-33H2,1-2H3. The lowest BCUT2D eigenvalue weighted by atomic mass is 9.77. The molecular weight excluding hydrogens is 564 g/mol. The van der Waals surface area contributed by atoms with Gasteiger partial charge in [0, 0.05) is 0 Å². The van der Waals surface area contributed by atoms with Gasteiger partial charge in [0.25, 0.3) is 0 Å². The molecule has 3 heteroatoms. The molecule has 0 aliphatic heterocycles. The van der Waals surface area contributed by atoms with Crippen molar-refractivity contribution in [3.63, 3.8) is 0 Å². The lowest BCUT2D eigenvalue weighted by Gasteiger charge is -2.29. The predicted molar refractivity (Wildman–Crippen MR) is 192 cm³/mol. The average Bonchev–Trinajstić information content (AvgIpc) is 3.11. The Bertz CT molecular complexity index is 1210. The highest BCUT2D eigenvalue weighted by molar-refractivity contribution is 5.31. The molecule has 0 N–H and O–H groups in total. The quantitative estimate of drug-likeness (QED) is 0.104. The van der Waals surface area contributed by atoms with Crippen LogP contribution in [0, 0.1) is 11.8 Å².